The molecule has 0 unspecified atom stereocenters. The minimum Gasteiger partial charge on any atom is -0.383 e. The lowest BCUT2D eigenvalue weighted by atomic mass is 10.1. The molecule has 6 heteroatoms. The number of ether oxygens (including phenoxy) is 1. The van der Waals surface area contributed by atoms with Crippen LogP contribution in [0.2, 0.25) is 0 Å². The van der Waals surface area contributed by atoms with Crippen molar-refractivity contribution in [1.29, 1.82) is 0 Å². The van der Waals surface area contributed by atoms with Crippen LogP contribution in [0.1, 0.15) is 13.8 Å². The molecule has 2 heterocycles. The monoisotopic (exact) mass is 406 g/mol. The second kappa shape index (κ2) is 8.98. The fraction of sp³-hybridized carbons (Fsp3) is 0.417. The number of nitrogens with zero attached hydrogens (tertiary/aromatic N) is 3. The van der Waals surface area contributed by atoms with Crippen molar-refractivity contribution in [3.8, 4) is 0 Å². The first kappa shape index (κ1) is 20.6. The van der Waals surface area contributed by atoms with E-state index >= 15 is 0 Å². The molecule has 3 aromatic rings. The highest BCUT2D eigenvalue weighted by Gasteiger charge is 2.19. The fourth-order valence-electron chi connectivity index (χ4n) is 4.07. The number of nitrogens with one attached hydrogen (secondary N) is 1. The minimum absolute atomic E-state index is 0.0237. The number of pyridine rings is 1. The van der Waals surface area contributed by atoms with Gasteiger partial charge < -0.3 is 15.0 Å². The smallest absolute Gasteiger partial charge is 0.195 e. The Morgan fingerprint density at radius 2 is 1.83 bits per heavy atom. The lowest BCUT2D eigenvalue weighted by Crippen LogP contribution is -2.48. The third kappa shape index (κ3) is 4.25. The molecule has 0 radical (unpaired) electrons. The maximum atomic E-state index is 13.4. The SMILES string of the molecule is COCCNc1ccc2ccc3ncc(N4CCN(C(C)C)CC4)cc3c(=O)c2c1. The minimum atomic E-state index is 0.0237. The Balaban J connectivity index is 1.70. The van der Waals surface area contributed by atoms with E-state index in [1.54, 1.807) is 7.11 Å². The summed E-state index contributed by atoms with van der Waals surface area (Å²) < 4.78 is 5.10. The number of piperazine rings is 1. The van der Waals surface area contributed by atoms with E-state index in [1.807, 2.05) is 42.6 Å². The first-order valence-electron chi connectivity index (χ1n) is 10.7. The third-order valence-electron chi connectivity index (χ3n) is 5.91. The molecule has 1 aromatic heterocycles. The van der Waals surface area contributed by atoms with Crippen LogP contribution in [-0.4, -0.2) is 62.4 Å². The summed E-state index contributed by atoms with van der Waals surface area (Å²) in [6.07, 6.45) is 1.90. The van der Waals surface area contributed by atoms with E-state index in [2.05, 4.69) is 33.9 Å². The number of rotatable bonds is 6. The van der Waals surface area contributed by atoms with Gasteiger partial charge >= 0.3 is 0 Å². The highest BCUT2D eigenvalue weighted by atomic mass is 16.5. The van der Waals surface area contributed by atoms with Crippen LogP contribution in [0.15, 0.2) is 47.4 Å². The molecule has 6 nitrogen and oxygen atoms in total. The van der Waals surface area contributed by atoms with Gasteiger partial charge in [0.15, 0.2) is 5.43 Å². The van der Waals surface area contributed by atoms with E-state index in [9.17, 15) is 4.79 Å². The van der Waals surface area contributed by atoms with Crippen LogP contribution in [0.3, 0.4) is 0 Å². The van der Waals surface area contributed by atoms with Crippen LogP contribution in [0.5, 0.6) is 0 Å². The Morgan fingerprint density at radius 3 is 2.57 bits per heavy atom. The molecule has 30 heavy (non-hydrogen) atoms. The van der Waals surface area contributed by atoms with Crippen LogP contribution in [0.4, 0.5) is 11.4 Å². The zero-order valence-electron chi connectivity index (χ0n) is 18.0. The van der Waals surface area contributed by atoms with Gasteiger partial charge in [0.2, 0.25) is 0 Å². The maximum Gasteiger partial charge on any atom is 0.195 e. The number of aromatic nitrogens is 1. The van der Waals surface area contributed by atoms with Gasteiger partial charge in [0, 0.05) is 56.9 Å². The maximum absolute atomic E-state index is 13.4. The largest absolute Gasteiger partial charge is 0.383 e. The molecule has 1 aliphatic rings. The molecule has 1 fully saturated rings. The summed E-state index contributed by atoms with van der Waals surface area (Å²) in [5.74, 6) is 0. The van der Waals surface area contributed by atoms with E-state index in [1.165, 1.54) is 0 Å². The summed E-state index contributed by atoms with van der Waals surface area (Å²) in [4.78, 5) is 22.9. The van der Waals surface area contributed by atoms with E-state index in [4.69, 9.17) is 4.74 Å². The average Bonchev–Trinajstić information content (AvgIpc) is 2.90. The Kier molecular flexibility index (Phi) is 6.16. The molecule has 1 N–H and O–H groups in total. The molecule has 0 amide bonds. The van der Waals surface area contributed by atoms with Gasteiger partial charge in [-0.2, -0.15) is 0 Å². The van der Waals surface area contributed by atoms with Crippen LogP contribution in [0.25, 0.3) is 21.7 Å². The molecule has 1 aliphatic heterocycles. The van der Waals surface area contributed by atoms with Gasteiger partial charge in [-0.05, 0) is 43.5 Å². The van der Waals surface area contributed by atoms with Crippen molar-refractivity contribution in [2.75, 3.05) is 56.7 Å². The quantitative estimate of drug-likeness (QED) is 0.634. The summed E-state index contributed by atoms with van der Waals surface area (Å²) in [5, 5.41) is 5.60. The molecular formula is C24H30N4O2. The molecule has 0 saturated carbocycles. The predicted molar refractivity (Wildman–Crippen MR) is 125 cm³/mol. The van der Waals surface area contributed by atoms with Crippen LogP contribution >= 0.6 is 0 Å². The Hall–Kier alpha value is -2.70. The summed E-state index contributed by atoms with van der Waals surface area (Å²) in [6, 6.07) is 12.4. The Morgan fingerprint density at radius 1 is 1.07 bits per heavy atom. The molecule has 1 saturated heterocycles. The van der Waals surface area contributed by atoms with Crippen LogP contribution < -0.4 is 15.6 Å². The summed E-state index contributed by atoms with van der Waals surface area (Å²) in [7, 11) is 1.68. The molecule has 0 atom stereocenters. The number of hydrogen-bond donors (Lipinski definition) is 1. The first-order valence-corrected chi connectivity index (χ1v) is 10.7. The molecule has 0 bridgehead atoms. The number of benzene rings is 1. The summed E-state index contributed by atoms with van der Waals surface area (Å²) in [6.45, 7) is 9.75. The standard InChI is InChI=1S/C24H30N4O2/c1-17(2)27-9-11-28(12-10-27)20-15-22-23(26-16-20)7-5-18-4-6-19(25-8-13-30-3)14-21(18)24(22)29/h4-7,14-17,25H,8-13H2,1-3H3. The van der Waals surface area contributed by atoms with Crippen LogP contribution in [-0.2, 0) is 4.74 Å². The van der Waals surface area contributed by atoms with Crippen molar-refractivity contribution in [2.24, 2.45) is 0 Å². The third-order valence-corrected chi connectivity index (χ3v) is 5.91. The normalized spacial score (nSPS) is 15.3. The van der Waals surface area contributed by atoms with Gasteiger partial charge in [0.1, 0.15) is 0 Å². The van der Waals surface area contributed by atoms with Crippen molar-refractivity contribution < 1.29 is 4.74 Å². The highest BCUT2D eigenvalue weighted by Crippen LogP contribution is 2.22. The van der Waals surface area contributed by atoms with Gasteiger partial charge in [0.25, 0.3) is 0 Å². The molecule has 4 rings (SSSR count). The van der Waals surface area contributed by atoms with Crippen molar-refractivity contribution >= 4 is 33.1 Å². The van der Waals surface area contributed by atoms with E-state index in [-0.39, 0.29) is 5.43 Å². The average molecular weight is 407 g/mol. The number of methoxy groups -OCH3 is 1. The van der Waals surface area contributed by atoms with E-state index in [0.29, 0.717) is 30.0 Å². The van der Waals surface area contributed by atoms with Gasteiger partial charge in [0.05, 0.1) is 29.4 Å². The molecule has 0 spiro atoms. The van der Waals surface area contributed by atoms with Crippen LogP contribution in [0, 0.1) is 0 Å². The van der Waals surface area contributed by atoms with E-state index in [0.717, 1.165) is 48.5 Å². The Labute approximate surface area is 177 Å². The van der Waals surface area contributed by atoms with Crippen molar-refractivity contribution in [1.82, 2.24) is 9.88 Å². The predicted octanol–water partition coefficient (Wildman–Crippen LogP) is 3.34. The van der Waals surface area contributed by atoms with E-state index < -0.39 is 0 Å². The zero-order valence-corrected chi connectivity index (χ0v) is 18.0. The lowest BCUT2D eigenvalue weighted by molar-refractivity contribution is 0.209. The number of fused-ring (bicyclic) bond motifs is 2. The Bertz CT molecular complexity index is 1090. The van der Waals surface area contributed by atoms with Crippen molar-refractivity contribution in [3.05, 3.63) is 52.8 Å². The second-order valence-corrected chi connectivity index (χ2v) is 8.13. The van der Waals surface area contributed by atoms with Crippen molar-refractivity contribution in [2.45, 2.75) is 19.9 Å². The molecular weight excluding hydrogens is 376 g/mol. The summed E-state index contributed by atoms with van der Waals surface area (Å²) >= 11 is 0. The molecule has 158 valence electrons. The summed E-state index contributed by atoms with van der Waals surface area (Å²) in [5.41, 5.74) is 2.70. The number of hydrogen-bond acceptors (Lipinski definition) is 6. The number of anilines is 2. The van der Waals surface area contributed by atoms with Crippen molar-refractivity contribution in [3.63, 3.8) is 0 Å². The van der Waals surface area contributed by atoms with Gasteiger partial charge in [-0.3, -0.25) is 14.7 Å². The lowest BCUT2D eigenvalue weighted by Gasteiger charge is -2.38. The van der Waals surface area contributed by atoms with Gasteiger partial charge in [-0.15, -0.1) is 0 Å². The van der Waals surface area contributed by atoms with Gasteiger partial charge in [-0.25, -0.2) is 0 Å². The first-order chi connectivity index (χ1) is 14.6. The topological polar surface area (TPSA) is 57.7 Å². The fourth-order valence-corrected chi connectivity index (χ4v) is 4.07. The molecule has 2 aromatic carbocycles. The second-order valence-electron chi connectivity index (χ2n) is 8.13. The highest BCUT2D eigenvalue weighted by molar-refractivity contribution is 5.94. The molecule has 0 aliphatic carbocycles. The van der Waals surface area contributed by atoms with Gasteiger partial charge in [-0.1, -0.05) is 12.1 Å². The zero-order chi connectivity index (χ0) is 21.1.